The third-order valence-electron chi connectivity index (χ3n) is 3.37. The molecule has 0 bridgehead atoms. The number of hydrogen-bond acceptors (Lipinski definition) is 3. The van der Waals surface area contributed by atoms with Gasteiger partial charge in [0.05, 0.1) is 6.10 Å². The average Bonchev–Trinajstić information content (AvgIpc) is 2.28. The molecule has 0 saturated heterocycles. The van der Waals surface area contributed by atoms with Gasteiger partial charge in [-0.3, -0.25) is 4.79 Å². The van der Waals surface area contributed by atoms with Crippen LogP contribution in [0, 0.1) is 11.8 Å². The average molecular weight is 228 g/mol. The molecule has 0 aromatic carbocycles. The first-order chi connectivity index (χ1) is 7.65. The first-order valence-corrected chi connectivity index (χ1v) is 6.25. The summed E-state index contributed by atoms with van der Waals surface area (Å²) in [6.45, 7) is 3.22. The minimum Gasteiger partial charge on any atom is -0.393 e. The lowest BCUT2D eigenvalue weighted by molar-refractivity contribution is -0.124. The van der Waals surface area contributed by atoms with Crippen LogP contribution in [0.4, 0.5) is 0 Å². The summed E-state index contributed by atoms with van der Waals surface area (Å²) in [5.74, 6) is 0.317. The van der Waals surface area contributed by atoms with E-state index in [2.05, 4.69) is 10.6 Å². The van der Waals surface area contributed by atoms with Crippen LogP contribution in [0.2, 0.25) is 0 Å². The van der Waals surface area contributed by atoms with Gasteiger partial charge in [-0.25, -0.2) is 0 Å². The Morgan fingerprint density at radius 1 is 1.44 bits per heavy atom. The summed E-state index contributed by atoms with van der Waals surface area (Å²) < 4.78 is 0. The molecule has 3 atom stereocenters. The number of nitrogens with one attached hydrogen (secondary N) is 2. The van der Waals surface area contributed by atoms with Crippen LogP contribution in [0.3, 0.4) is 0 Å². The SMILES string of the molecule is CNCC(C)C(=O)NCC1CCCCC1O. The summed E-state index contributed by atoms with van der Waals surface area (Å²) in [7, 11) is 1.84. The highest BCUT2D eigenvalue weighted by Gasteiger charge is 2.23. The van der Waals surface area contributed by atoms with Crippen molar-refractivity contribution in [1.29, 1.82) is 0 Å². The maximum atomic E-state index is 11.6. The van der Waals surface area contributed by atoms with E-state index in [0.29, 0.717) is 13.1 Å². The molecule has 4 nitrogen and oxygen atoms in total. The van der Waals surface area contributed by atoms with Gasteiger partial charge in [0.15, 0.2) is 0 Å². The van der Waals surface area contributed by atoms with Crippen LogP contribution in [-0.4, -0.2) is 37.3 Å². The van der Waals surface area contributed by atoms with E-state index in [1.807, 2.05) is 14.0 Å². The minimum atomic E-state index is -0.228. The third-order valence-corrected chi connectivity index (χ3v) is 3.37. The zero-order valence-corrected chi connectivity index (χ0v) is 10.3. The number of carbonyl (C=O) groups is 1. The summed E-state index contributed by atoms with van der Waals surface area (Å²) >= 11 is 0. The molecule has 3 N–H and O–H groups in total. The lowest BCUT2D eigenvalue weighted by atomic mass is 9.86. The molecular formula is C12H24N2O2. The fraction of sp³-hybridized carbons (Fsp3) is 0.917. The van der Waals surface area contributed by atoms with Gasteiger partial charge in [-0.2, -0.15) is 0 Å². The number of aliphatic hydroxyl groups excluding tert-OH is 1. The first kappa shape index (κ1) is 13.5. The number of rotatable bonds is 5. The molecule has 1 fully saturated rings. The summed E-state index contributed by atoms with van der Waals surface area (Å²) in [6.07, 6.45) is 3.97. The molecule has 1 rings (SSSR count). The van der Waals surface area contributed by atoms with Gasteiger partial charge in [0.1, 0.15) is 0 Å². The van der Waals surface area contributed by atoms with Crippen LogP contribution in [0.1, 0.15) is 32.6 Å². The van der Waals surface area contributed by atoms with Crippen LogP contribution >= 0.6 is 0 Å². The topological polar surface area (TPSA) is 61.4 Å². The Hall–Kier alpha value is -0.610. The van der Waals surface area contributed by atoms with Crippen LogP contribution in [-0.2, 0) is 4.79 Å². The molecule has 1 aliphatic rings. The van der Waals surface area contributed by atoms with Gasteiger partial charge < -0.3 is 15.7 Å². The van der Waals surface area contributed by atoms with Crippen molar-refractivity contribution in [3.63, 3.8) is 0 Å². The lowest BCUT2D eigenvalue weighted by Crippen LogP contribution is -2.40. The molecular weight excluding hydrogens is 204 g/mol. The van der Waals surface area contributed by atoms with Crippen molar-refractivity contribution in [2.24, 2.45) is 11.8 Å². The van der Waals surface area contributed by atoms with E-state index in [4.69, 9.17) is 0 Å². The Morgan fingerprint density at radius 2 is 2.12 bits per heavy atom. The van der Waals surface area contributed by atoms with Crippen LogP contribution in [0.5, 0.6) is 0 Å². The summed E-state index contributed by atoms with van der Waals surface area (Å²) in [5.41, 5.74) is 0. The number of aliphatic hydroxyl groups is 1. The van der Waals surface area contributed by atoms with Gasteiger partial charge in [0, 0.05) is 24.9 Å². The second kappa shape index (κ2) is 6.86. The molecule has 0 aromatic rings. The Kier molecular flexibility index (Phi) is 5.77. The molecule has 1 aliphatic carbocycles. The molecule has 4 heteroatoms. The van der Waals surface area contributed by atoms with Gasteiger partial charge in [0.25, 0.3) is 0 Å². The third kappa shape index (κ3) is 4.10. The van der Waals surface area contributed by atoms with Gasteiger partial charge in [-0.1, -0.05) is 19.8 Å². The van der Waals surface area contributed by atoms with Crippen molar-refractivity contribution in [3.8, 4) is 0 Å². The maximum Gasteiger partial charge on any atom is 0.224 e. The summed E-state index contributed by atoms with van der Waals surface area (Å²) in [6, 6.07) is 0. The van der Waals surface area contributed by atoms with E-state index in [9.17, 15) is 9.90 Å². The zero-order chi connectivity index (χ0) is 12.0. The van der Waals surface area contributed by atoms with Crippen molar-refractivity contribution in [2.45, 2.75) is 38.7 Å². The van der Waals surface area contributed by atoms with Crippen molar-refractivity contribution in [3.05, 3.63) is 0 Å². The fourth-order valence-electron chi connectivity index (χ4n) is 2.23. The quantitative estimate of drug-likeness (QED) is 0.642. The second-order valence-electron chi connectivity index (χ2n) is 4.82. The van der Waals surface area contributed by atoms with E-state index in [1.165, 1.54) is 6.42 Å². The first-order valence-electron chi connectivity index (χ1n) is 6.25. The summed E-state index contributed by atoms with van der Waals surface area (Å²) in [4.78, 5) is 11.6. The van der Waals surface area contributed by atoms with E-state index < -0.39 is 0 Å². The molecule has 0 spiro atoms. The second-order valence-corrected chi connectivity index (χ2v) is 4.82. The van der Waals surface area contributed by atoms with Crippen molar-refractivity contribution < 1.29 is 9.90 Å². The molecule has 1 amide bonds. The van der Waals surface area contributed by atoms with Gasteiger partial charge in [-0.05, 0) is 19.9 Å². The minimum absolute atomic E-state index is 0.00858. The predicted molar refractivity (Wildman–Crippen MR) is 64.1 cm³/mol. The number of carbonyl (C=O) groups excluding carboxylic acids is 1. The van der Waals surface area contributed by atoms with Crippen molar-refractivity contribution in [2.75, 3.05) is 20.1 Å². The highest BCUT2D eigenvalue weighted by molar-refractivity contribution is 5.78. The van der Waals surface area contributed by atoms with Crippen molar-refractivity contribution >= 4 is 5.91 Å². The Labute approximate surface area is 97.8 Å². The van der Waals surface area contributed by atoms with E-state index >= 15 is 0 Å². The van der Waals surface area contributed by atoms with E-state index in [-0.39, 0.29) is 23.8 Å². The molecule has 0 radical (unpaired) electrons. The van der Waals surface area contributed by atoms with Crippen LogP contribution in [0.25, 0.3) is 0 Å². The molecule has 0 aromatic heterocycles. The largest absolute Gasteiger partial charge is 0.393 e. The monoisotopic (exact) mass is 228 g/mol. The Balaban J connectivity index is 2.24. The Bertz CT molecular complexity index is 221. The van der Waals surface area contributed by atoms with Gasteiger partial charge in [-0.15, -0.1) is 0 Å². The van der Waals surface area contributed by atoms with Gasteiger partial charge >= 0.3 is 0 Å². The normalized spacial score (nSPS) is 27.4. The van der Waals surface area contributed by atoms with E-state index in [0.717, 1.165) is 19.3 Å². The highest BCUT2D eigenvalue weighted by Crippen LogP contribution is 2.23. The number of hydrogen-bond donors (Lipinski definition) is 3. The lowest BCUT2D eigenvalue weighted by Gasteiger charge is -2.28. The molecule has 16 heavy (non-hydrogen) atoms. The van der Waals surface area contributed by atoms with Gasteiger partial charge in [0.2, 0.25) is 5.91 Å². The predicted octanol–water partition coefficient (Wildman–Crippen LogP) is 0.509. The zero-order valence-electron chi connectivity index (χ0n) is 10.3. The summed E-state index contributed by atoms with van der Waals surface area (Å²) in [5, 5.41) is 15.7. The highest BCUT2D eigenvalue weighted by atomic mass is 16.3. The Morgan fingerprint density at radius 3 is 2.75 bits per heavy atom. The molecule has 1 saturated carbocycles. The van der Waals surface area contributed by atoms with Crippen molar-refractivity contribution in [1.82, 2.24) is 10.6 Å². The van der Waals surface area contributed by atoms with E-state index in [1.54, 1.807) is 0 Å². The number of amides is 1. The fourth-order valence-corrected chi connectivity index (χ4v) is 2.23. The van der Waals surface area contributed by atoms with Crippen LogP contribution < -0.4 is 10.6 Å². The molecule has 3 unspecified atom stereocenters. The molecule has 0 heterocycles. The standard InChI is InChI=1S/C12H24N2O2/c1-9(7-13-2)12(16)14-8-10-5-3-4-6-11(10)15/h9-11,13,15H,3-8H2,1-2H3,(H,14,16). The maximum absolute atomic E-state index is 11.6. The molecule has 94 valence electrons. The molecule has 0 aliphatic heterocycles. The smallest absolute Gasteiger partial charge is 0.224 e. The van der Waals surface area contributed by atoms with Crippen LogP contribution in [0.15, 0.2) is 0 Å².